The molecule has 0 aliphatic carbocycles. The summed E-state index contributed by atoms with van der Waals surface area (Å²) in [5, 5.41) is 8.59. The van der Waals surface area contributed by atoms with Crippen LogP contribution in [0.3, 0.4) is 0 Å². The number of aromatic nitrogens is 1. The monoisotopic (exact) mass is 300 g/mol. The van der Waals surface area contributed by atoms with Gasteiger partial charge in [0.2, 0.25) is 5.13 Å². The fourth-order valence-corrected chi connectivity index (χ4v) is 2.62. The molecule has 2 rings (SSSR count). The van der Waals surface area contributed by atoms with Gasteiger partial charge in [-0.05, 0) is 7.05 Å². The second kappa shape index (κ2) is 6.31. The van der Waals surface area contributed by atoms with Crippen molar-refractivity contribution in [2.75, 3.05) is 33.2 Å². The van der Waals surface area contributed by atoms with Crippen molar-refractivity contribution >= 4 is 39.7 Å². The summed E-state index contributed by atoms with van der Waals surface area (Å²) in [6.07, 6.45) is 1.89. The Morgan fingerprint density at radius 3 is 2.79 bits per heavy atom. The molecular formula is C11H17ClN6S. The maximum atomic E-state index is 8.05. The summed E-state index contributed by atoms with van der Waals surface area (Å²) < 4.78 is 0.584. The molecule has 0 bridgehead atoms. The Labute approximate surface area is 121 Å². The molecule has 0 amide bonds. The van der Waals surface area contributed by atoms with Crippen molar-refractivity contribution in [2.45, 2.75) is 6.42 Å². The van der Waals surface area contributed by atoms with Gasteiger partial charge in [0, 0.05) is 26.2 Å². The van der Waals surface area contributed by atoms with E-state index in [0.29, 0.717) is 27.6 Å². The molecule has 0 saturated carbocycles. The molecule has 19 heavy (non-hydrogen) atoms. The van der Waals surface area contributed by atoms with Crippen LogP contribution in [0.1, 0.15) is 6.42 Å². The molecule has 0 spiro atoms. The average Bonchev–Trinajstić information content (AvgIpc) is 2.75. The zero-order chi connectivity index (χ0) is 13.8. The minimum atomic E-state index is 0.348. The zero-order valence-electron chi connectivity index (χ0n) is 10.8. The van der Waals surface area contributed by atoms with E-state index < -0.39 is 0 Å². The van der Waals surface area contributed by atoms with E-state index in [4.69, 9.17) is 22.7 Å². The maximum absolute atomic E-state index is 8.05. The Balaban J connectivity index is 1.89. The molecule has 1 aromatic heterocycles. The number of halogens is 1. The molecule has 3 N–H and O–H groups in total. The smallest absolute Gasteiger partial charge is 0.212 e. The van der Waals surface area contributed by atoms with Crippen molar-refractivity contribution in [3.8, 4) is 0 Å². The lowest BCUT2D eigenvalue weighted by Crippen LogP contribution is -2.47. The van der Waals surface area contributed by atoms with E-state index in [2.05, 4.69) is 21.9 Å². The van der Waals surface area contributed by atoms with Crippen LogP contribution in [0.25, 0.3) is 0 Å². The van der Waals surface area contributed by atoms with Crippen LogP contribution in [-0.4, -0.2) is 59.7 Å². The van der Waals surface area contributed by atoms with E-state index in [1.165, 1.54) is 11.3 Å². The number of nitrogens with zero attached hydrogens (tertiary/aromatic N) is 4. The van der Waals surface area contributed by atoms with Crippen LogP contribution in [0.15, 0.2) is 11.2 Å². The highest BCUT2D eigenvalue weighted by molar-refractivity contribution is 7.19. The largest absolute Gasteiger partial charge is 0.387 e. The van der Waals surface area contributed by atoms with Crippen molar-refractivity contribution < 1.29 is 0 Å². The fourth-order valence-electron chi connectivity index (χ4n) is 1.82. The van der Waals surface area contributed by atoms with E-state index in [9.17, 15) is 0 Å². The fraction of sp³-hybridized carbons (Fsp3) is 0.545. The predicted molar refractivity (Wildman–Crippen MR) is 79.8 cm³/mol. The van der Waals surface area contributed by atoms with Crippen LogP contribution in [0, 0.1) is 5.41 Å². The minimum absolute atomic E-state index is 0.348. The molecule has 0 aromatic carbocycles. The van der Waals surface area contributed by atoms with Crippen molar-refractivity contribution in [2.24, 2.45) is 10.7 Å². The Morgan fingerprint density at radius 1 is 1.53 bits per heavy atom. The standard InChI is InChI=1S/C11H17ClN6S/c1-17-2-4-18(5-3-17)10(14)6-9(13)16-11-15-7-8(12)19-11/h7,14H,2-6H2,1H3,(H2,13,15,16). The first-order valence-electron chi connectivity index (χ1n) is 6.00. The highest BCUT2D eigenvalue weighted by atomic mass is 35.5. The number of amidine groups is 2. The maximum Gasteiger partial charge on any atom is 0.212 e. The van der Waals surface area contributed by atoms with Gasteiger partial charge < -0.3 is 15.5 Å². The highest BCUT2D eigenvalue weighted by Gasteiger charge is 2.17. The van der Waals surface area contributed by atoms with Crippen molar-refractivity contribution in [3.05, 3.63) is 10.5 Å². The van der Waals surface area contributed by atoms with Gasteiger partial charge in [0.1, 0.15) is 16.0 Å². The highest BCUT2D eigenvalue weighted by Crippen LogP contribution is 2.25. The number of likely N-dealkylation sites (N-methyl/N-ethyl adjacent to an activating group) is 1. The Kier molecular flexibility index (Phi) is 4.73. The molecule has 8 heteroatoms. The molecular weight excluding hydrogens is 284 g/mol. The molecule has 0 radical (unpaired) electrons. The van der Waals surface area contributed by atoms with Crippen LogP contribution < -0.4 is 5.73 Å². The number of aliphatic imine (C=N–C) groups is 1. The van der Waals surface area contributed by atoms with Crippen LogP contribution >= 0.6 is 22.9 Å². The molecule has 1 saturated heterocycles. The summed E-state index contributed by atoms with van der Waals surface area (Å²) in [6, 6.07) is 0. The van der Waals surface area contributed by atoms with Crippen LogP contribution in [0.2, 0.25) is 4.34 Å². The van der Waals surface area contributed by atoms with Gasteiger partial charge >= 0.3 is 0 Å². The molecule has 2 heterocycles. The molecule has 0 unspecified atom stereocenters. The molecule has 1 aliphatic rings. The molecule has 104 valence electrons. The van der Waals surface area contributed by atoms with Crippen molar-refractivity contribution in [3.63, 3.8) is 0 Å². The summed E-state index contributed by atoms with van der Waals surface area (Å²) in [4.78, 5) is 12.5. The van der Waals surface area contributed by atoms with Gasteiger partial charge in [0.25, 0.3) is 0 Å². The molecule has 1 aliphatic heterocycles. The van der Waals surface area contributed by atoms with Gasteiger partial charge in [-0.25, -0.2) is 9.98 Å². The van der Waals surface area contributed by atoms with Gasteiger partial charge in [-0.3, -0.25) is 5.41 Å². The minimum Gasteiger partial charge on any atom is -0.387 e. The van der Waals surface area contributed by atoms with Gasteiger partial charge in [0.05, 0.1) is 12.6 Å². The predicted octanol–water partition coefficient (Wildman–Crippen LogP) is 1.40. The molecule has 1 aromatic rings. The second-order valence-corrected chi connectivity index (χ2v) is 6.10. The first-order chi connectivity index (χ1) is 9.04. The Hall–Kier alpha value is -1.18. The van der Waals surface area contributed by atoms with Crippen molar-refractivity contribution in [1.82, 2.24) is 14.8 Å². The summed E-state index contributed by atoms with van der Waals surface area (Å²) in [5.74, 6) is 0.909. The summed E-state index contributed by atoms with van der Waals surface area (Å²) in [7, 11) is 2.09. The quantitative estimate of drug-likeness (QED) is 0.653. The number of hydrogen-bond acceptors (Lipinski definition) is 5. The van der Waals surface area contributed by atoms with E-state index >= 15 is 0 Å². The lowest BCUT2D eigenvalue weighted by atomic mass is 10.2. The second-order valence-electron chi connectivity index (χ2n) is 4.46. The number of thiazole rings is 1. The molecule has 6 nitrogen and oxygen atoms in total. The summed E-state index contributed by atoms with van der Waals surface area (Å²) in [6.45, 7) is 3.68. The summed E-state index contributed by atoms with van der Waals surface area (Å²) in [5.41, 5.74) is 5.85. The van der Waals surface area contributed by atoms with Crippen molar-refractivity contribution in [1.29, 1.82) is 5.41 Å². The molecule has 1 fully saturated rings. The van der Waals surface area contributed by atoms with E-state index in [1.807, 2.05) is 4.90 Å². The Morgan fingerprint density at radius 2 is 2.21 bits per heavy atom. The third kappa shape index (κ3) is 4.15. The molecule has 0 atom stereocenters. The normalized spacial score (nSPS) is 17.8. The number of piperazine rings is 1. The van der Waals surface area contributed by atoms with E-state index in [0.717, 1.165) is 26.2 Å². The third-order valence-electron chi connectivity index (χ3n) is 2.94. The SMILES string of the molecule is CN1CCN(C(=N)CC(N)=Nc2ncc(Cl)s2)CC1. The van der Waals surface area contributed by atoms with Gasteiger partial charge in [-0.15, -0.1) is 0 Å². The van der Waals surface area contributed by atoms with Gasteiger partial charge in [-0.1, -0.05) is 22.9 Å². The Bertz CT molecular complexity index is 477. The van der Waals surface area contributed by atoms with Gasteiger partial charge in [-0.2, -0.15) is 0 Å². The van der Waals surface area contributed by atoms with Crippen LogP contribution in [0.5, 0.6) is 0 Å². The lowest BCUT2D eigenvalue weighted by Gasteiger charge is -2.34. The van der Waals surface area contributed by atoms with E-state index in [-0.39, 0.29) is 0 Å². The van der Waals surface area contributed by atoms with E-state index in [1.54, 1.807) is 6.20 Å². The zero-order valence-corrected chi connectivity index (χ0v) is 12.3. The number of hydrogen-bond donors (Lipinski definition) is 2. The average molecular weight is 301 g/mol. The van der Waals surface area contributed by atoms with Gasteiger partial charge in [0.15, 0.2) is 0 Å². The third-order valence-corrected chi connectivity index (χ3v) is 3.95. The van der Waals surface area contributed by atoms with Crippen LogP contribution in [-0.2, 0) is 0 Å². The lowest BCUT2D eigenvalue weighted by molar-refractivity contribution is 0.213. The first-order valence-corrected chi connectivity index (χ1v) is 7.19. The summed E-state index contributed by atoms with van der Waals surface area (Å²) >= 11 is 7.05. The first kappa shape index (κ1) is 14.2. The number of nitrogens with two attached hydrogens (primary N) is 1. The topological polar surface area (TPSA) is 81.6 Å². The van der Waals surface area contributed by atoms with Crippen LogP contribution in [0.4, 0.5) is 5.13 Å². The number of nitrogens with one attached hydrogen (secondary N) is 1. The number of rotatable bonds is 3.